The van der Waals surface area contributed by atoms with Gasteiger partial charge in [0.1, 0.15) is 5.82 Å². The summed E-state index contributed by atoms with van der Waals surface area (Å²) in [4.78, 5) is 11.9. The first kappa shape index (κ1) is 14.5. The monoisotopic (exact) mass is 327 g/mol. The second-order valence-electron chi connectivity index (χ2n) is 5.15. The lowest BCUT2D eigenvalue weighted by atomic mass is 10.0. The average molecular weight is 328 g/mol. The van der Waals surface area contributed by atoms with Gasteiger partial charge in [-0.05, 0) is 46.8 Å². The Morgan fingerprint density at radius 2 is 2.11 bits per heavy atom. The minimum absolute atomic E-state index is 0.210. The number of carbonyl (C=O) groups excluding carboxylic acids is 1. The fraction of sp³-hybridized carbons (Fsp3) is 0.533. The zero-order valence-corrected chi connectivity index (χ0v) is 12.5. The smallest absolute Gasteiger partial charge is 0.252 e. The molecule has 1 saturated carbocycles. The van der Waals surface area contributed by atoms with Crippen molar-refractivity contribution in [3.63, 3.8) is 0 Å². The fourth-order valence-corrected chi connectivity index (χ4v) is 3.11. The lowest BCUT2D eigenvalue weighted by molar-refractivity contribution is 0.0951. The first-order valence-corrected chi connectivity index (χ1v) is 7.70. The second-order valence-corrected chi connectivity index (χ2v) is 5.94. The third kappa shape index (κ3) is 4.03. The van der Waals surface area contributed by atoms with E-state index in [0.29, 0.717) is 12.1 Å². The van der Waals surface area contributed by atoms with Crippen LogP contribution < -0.4 is 5.32 Å². The van der Waals surface area contributed by atoms with Crippen molar-refractivity contribution in [3.05, 3.63) is 34.1 Å². The van der Waals surface area contributed by atoms with Crippen LogP contribution in [0, 0.1) is 11.7 Å². The lowest BCUT2D eigenvalue weighted by Crippen LogP contribution is -2.25. The molecular weight excluding hydrogens is 309 g/mol. The van der Waals surface area contributed by atoms with Crippen molar-refractivity contribution in [2.75, 3.05) is 6.54 Å². The molecule has 19 heavy (non-hydrogen) atoms. The summed E-state index contributed by atoms with van der Waals surface area (Å²) >= 11 is 3.11. The van der Waals surface area contributed by atoms with Crippen molar-refractivity contribution >= 4 is 21.8 Å². The summed E-state index contributed by atoms with van der Waals surface area (Å²) in [7, 11) is 0. The average Bonchev–Trinajstić information content (AvgIpc) is 2.91. The molecule has 0 radical (unpaired) electrons. The second kappa shape index (κ2) is 7.04. The number of hydrogen-bond acceptors (Lipinski definition) is 1. The molecule has 0 bridgehead atoms. The van der Waals surface area contributed by atoms with E-state index in [1.54, 1.807) is 12.1 Å². The summed E-state index contributed by atoms with van der Waals surface area (Å²) in [6.07, 6.45) is 7.57. The number of amides is 1. The van der Waals surface area contributed by atoms with Crippen LogP contribution in [0.3, 0.4) is 0 Å². The molecular formula is C15H19BrFNO. The summed E-state index contributed by atoms with van der Waals surface area (Å²) in [5.74, 6) is 0.231. The summed E-state index contributed by atoms with van der Waals surface area (Å²) in [5.41, 5.74) is 0.362. The molecule has 2 nitrogen and oxygen atoms in total. The van der Waals surface area contributed by atoms with Crippen molar-refractivity contribution < 1.29 is 9.18 Å². The zero-order valence-electron chi connectivity index (χ0n) is 10.9. The molecule has 1 amide bonds. The highest BCUT2D eigenvalue weighted by atomic mass is 79.9. The van der Waals surface area contributed by atoms with Crippen LogP contribution in [0.5, 0.6) is 0 Å². The van der Waals surface area contributed by atoms with Crippen molar-refractivity contribution in [1.29, 1.82) is 0 Å². The van der Waals surface area contributed by atoms with Gasteiger partial charge in [-0.3, -0.25) is 4.79 Å². The fourth-order valence-electron chi connectivity index (χ4n) is 2.67. The maximum Gasteiger partial charge on any atom is 0.252 e. The molecule has 1 aromatic rings. The van der Waals surface area contributed by atoms with Crippen LogP contribution in [0.2, 0.25) is 0 Å². The quantitative estimate of drug-likeness (QED) is 0.803. The Balaban J connectivity index is 1.76. The molecule has 0 unspecified atom stereocenters. The number of hydrogen-bond donors (Lipinski definition) is 1. The predicted molar refractivity (Wildman–Crippen MR) is 77.6 cm³/mol. The van der Waals surface area contributed by atoms with Crippen LogP contribution in [0.15, 0.2) is 22.7 Å². The van der Waals surface area contributed by atoms with E-state index in [9.17, 15) is 9.18 Å². The van der Waals surface area contributed by atoms with E-state index < -0.39 is 5.82 Å². The van der Waals surface area contributed by atoms with E-state index in [1.807, 2.05) is 0 Å². The molecule has 104 valence electrons. The van der Waals surface area contributed by atoms with Gasteiger partial charge in [0.2, 0.25) is 0 Å². The molecule has 1 N–H and O–H groups in total. The maximum absolute atomic E-state index is 13.3. The van der Waals surface area contributed by atoms with E-state index in [1.165, 1.54) is 38.2 Å². The summed E-state index contributed by atoms with van der Waals surface area (Å²) in [6, 6.07) is 4.51. The molecule has 1 fully saturated rings. The molecule has 0 spiro atoms. The van der Waals surface area contributed by atoms with Gasteiger partial charge in [-0.2, -0.15) is 0 Å². The molecule has 0 aromatic heterocycles. The van der Waals surface area contributed by atoms with E-state index >= 15 is 0 Å². The van der Waals surface area contributed by atoms with Gasteiger partial charge in [-0.1, -0.05) is 31.7 Å². The third-order valence-corrected chi connectivity index (χ3v) is 4.55. The van der Waals surface area contributed by atoms with Crippen LogP contribution in [0.4, 0.5) is 4.39 Å². The number of nitrogens with one attached hydrogen (secondary N) is 1. The Morgan fingerprint density at radius 3 is 2.84 bits per heavy atom. The highest BCUT2D eigenvalue weighted by molar-refractivity contribution is 9.10. The molecule has 0 aliphatic heterocycles. The third-order valence-electron chi connectivity index (χ3n) is 3.75. The van der Waals surface area contributed by atoms with Gasteiger partial charge in [0, 0.05) is 6.54 Å². The van der Waals surface area contributed by atoms with E-state index in [2.05, 4.69) is 21.2 Å². The summed E-state index contributed by atoms with van der Waals surface area (Å²) < 4.78 is 13.5. The Morgan fingerprint density at radius 1 is 1.37 bits per heavy atom. The molecule has 4 heteroatoms. The SMILES string of the molecule is O=C(NCCCC1CCCC1)c1cccc(F)c1Br. The van der Waals surface area contributed by atoms with Gasteiger partial charge < -0.3 is 5.32 Å². The highest BCUT2D eigenvalue weighted by Gasteiger charge is 2.15. The summed E-state index contributed by atoms with van der Waals surface area (Å²) in [5, 5.41) is 2.86. The van der Waals surface area contributed by atoms with Crippen LogP contribution in [0.25, 0.3) is 0 Å². The summed E-state index contributed by atoms with van der Waals surface area (Å²) in [6.45, 7) is 0.665. The highest BCUT2D eigenvalue weighted by Crippen LogP contribution is 2.28. The Labute approximate surface area is 121 Å². The predicted octanol–water partition coefficient (Wildman–Crippen LogP) is 4.29. The Hall–Kier alpha value is -0.900. The lowest BCUT2D eigenvalue weighted by Gasteiger charge is -2.10. The normalized spacial score (nSPS) is 15.7. The Kier molecular flexibility index (Phi) is 5.37. The van der Waals surface area contributed by atoms with Crippen molar-refractivity contribution in [2.45, 2.75) is 38.5 Å². The maximum atomic E-state index is 13.3. The minimum atomic E-state index is -0.404. The van der Waals surface area contributed by atoms with Gasteiger partial charge in [0.05, 0.1) is 10.0 Å². The van der Waals surface area contributed by atoms with Crippen molar-refractivity contribution in [2.24, 2.45) is 5.92 Å². The number of carbonyl (C=O) groups is 1. The minimum Gasteiger partial charge on any atom is -0.352 e. The molecule has 0 atom stereocenters. The molecule has 0 heterocycles. The first-order chi connectivity index (χ1) is 9.18. The number of rotatable bonds is 5. The molecule has 0 saturated heterocycles. The molecule has 1 aliphatic rings. The first-order valence-electron chi connectivity index (χ1n) is 6.90. The van der Waals surface area contributed by atoms with E-state index in [-0.39, 0.29) is 10.4 Å². The standard InChI is InChI=1S/C15H19BrFNO/c16-14-12(8-3-9-13(14)17)15(19)18-10-4-7-11-5-1-2-6-11/h3,8-9,11H,1-2,4-7,10H2,(H,18,19). The topological polar surface area (TPSA) is 29.1 Å². The largest absolute Gasteiger partial charge is 0.352 e. The van der Waals surface area contributed by atoms with Crippen molar-refractivity contribution in [1.82, 2.24) is 5.32 Å². The van der Waals surface area contributed by atoms with Gasteiger partial charge in [-0.15, -0.1) is 0 Å². The van der Waals surface area contributed by atoms with Gasteiger partial charge in [0.15, 0.2) is 0 Å². The van der Waals surface area contributed by atoms with Crippen LogP contribution in [-0.4, -0.2) is 12.5 Å². The van der Waals surface area contributed by atoms with Crippen molar-refractivity contribution in [3.8, 4) is 0 Å². The number of benzene rings is 1. The van der Waals surface area contributed by atoms with Gasteiger partial charge >= 0.3 is 0 Å². The van der Waals surface area contributed by atoms with E-state index in [4.69, 9.17) is 0 Å². The zero-order chi connectivity index (χ0) is 13.7. The molecule has 1 aliphatic carbocycles. The van der Waals surface area contributed by atoms with Crippen LogP contribution >= 0.6 is 15.9 Å². The van der Waals surface area contributed by atoms with Gasteiger partial charge in [-0.25, -0.2) is 4.39 Å². The van der Waals surface area contributed by atoms with E-state index in [0.717, 1.165) is 12.3 Å². The van der Waals surface area contributed by atoms with Crippen LogP contribution in [0.1, 0.15) is 48.9 Å². The van der Waals surface area contributed by atoms with Crippen LogP contribution in [-0.2, 0) is 0 Å². The number of halogens is 2. The Bertz CT molecular complexity index is 444. The molecule has 2 rings (SSSR count). The molecule has 1 aromatic carbocycles. The van der Waals surface area contributed by atoms with Gasteiger partial charge in [0.25, 0.3) is 5.91 Å².